The van der Waals surface area contributed by atoms with Crippen LogP contribution in [0.2, 0.25) is 0 Å². The molecule has 256 valence electrons. The standard InChI is InChI=1S/C52H37NS/c1-2-13-35-32-36(25-24-34(35)12-1)53(47-21-11-23-49-50(47)42-17-6-10-22-48(42)54-49)37-26-27-41-40-16-5-9-20-45(40)52(46(41)33-37)30-28-51(29-31-52)43-18-7-3-14-38(43)39-15-4-8-19-44(39)51/h1-27,32-33H,28-31H2. The number of benzene rings is 8. The molecule has 3 aliphatic rings. The number of nitrogens with zero attached hydrogens (tertiary/aromatic N) is 1. The van der Waals surface area contributed by atoms with Crippen LogP contribution in [0, 0.1) is 0 Å². The van der Waals surface area contributed by atoms with Crippen LogP contribution in [-0.2, 0) is 10.8 Å². The predicted octanol–water partition coefficient (Wildman–Crippen LogP) is 14.5. The summed E-state index contributed by atoms with van der Waals surface area (Å²) in [6.45, 7) is 0. The molecule has 8 aromatic carbocycles. The molecule has 3 aliphatic carbocycles. The maximum absolute atomic E-state index is 2.58. The molecule has 0 amide bonds. The molecule has 1 fully saturated rings. The summed E-state index contributed by atoms with van der Waals surface area (Å²) in [6.07, 6.45) is 4.49. The molecule has 9 aromatic rings. The highest BCUT2D eigenvalue weighted by atomic mass is 32.1. The highest BCUT2D eigenvalue weighted by molar-refractivity contribution is 7.26. The van der Waals surface area contributed by atoms with Gasteiger partial charge in [0.25, 0.3) is 0 Å². The maximum Gasteiger partial charge on any atom is 0.0554 e. The van der Waals surface area contributed by atoms with Gasteiger partial charge in [0.15, 0.2) is 0 Å². The van der Waals surface area contributed by atoms with Gasteiger partial charge in [-0.1, -0.05) is 133 Å². The Hall–Kier alpha value is -5.96. The van der Waals surface area contributed by atoms with Gasteiger partial charge in [-0.15, -0.1) is 11.3 Å². The third-order valence-electron chi connectivity index (χ3n) is 13.3. The van der Waals surface area contributed by atoms with Crippen molar-refractivity contribution in [3.05, 3.63) is 198 Å². The van der Waals surface area contributed by atoms with Gasteiger partial charge in [0.05, 0.1) is 5.69 Å². The summed E-state index contributed by atoms with van der Waals surface area (Å²) in [5.74, 6) is 0. The van der Waals surface area contributed by atoms with Gasteiger partial charge in [0.2, 0.25) is 0 Å². The third kappa shape index (κ3) is 4.09. The fourth-order valence-electron chi connectivity index (χ4n) is 10.9. The molecule has 2 heteroatoms. The van der Waals surface area contributed by atoms with Gasteiger partial charge in [-0.25, -0.2) is 0 Å². The van der Waals surface area contributed by atoms with Crippen molar-refractivity contribution in [2.75, 3.05) is 4.90 Å². The quantitative estimate of drug-likeness (QED) is 0.177. The molecule has 12 rings (SSSR count). The average Bonchev–Trinajstić information content (AvgIpc) is 3.84. The summed E-state index contributed by atoms with van der Waals surface area (Å²) in [6, 6.07) is 66.6. The van der Waals surface area contributed by atoms with Gasteiger partial charge < -0.3 is 4.90 Å². The van der Waals surface area contributed by atoms with Crippen molar-refractivity contribution in [1.29, 1.82) is 0 Å². The number of hydrogen-bond donors (Lipinski definition) is 0. The largest absolute Gasteiger partial charge is 0.310 e. The van der Waals surface area contributed by atoms with Crippen molar-refractivity contribution in [3.63, 3.8) is 0 Å². The lowest BCUT2D eigenvalue weighted by atomic mass is 9.57. The SMILES string of the molecule is c1ccc2c(c1)-c1ccccc1C21CCC2(CC1)c1ccccc1-c1ccc(N(c3ccc4ccccc4c3)c3cccc4sc5ccccc5c34)cc12. The molecule has 1 heterocycles. The zero-order chi connectivity index (χ0) is 35.4. The van der Waals surface area contributed by atoms with E-state index in [0.29, 0.717) is 0 Å². The number of thiophene rings is 1. The zero-order valence-corrected chi connectivity index (χ0v) is 30.7. The summed E-state index contributed by atoms with van der Waals surface area (Å²) >= 11 is 1.89. The van der Waals surface area contributed by atoms with Gasteiger partial charge in [-0.05, 0) is 123 Å². The van der Waals surface area contributed by atoms with Gasteiger partial charge in [-0.2, -0.15) is 0 Å². The van der Waals surface area contributed by atoms with E-state index in [2.05, 4.69) is 181 Å². The molecule has 1 nitrogen and oxygen atoms in total. The lowest BCUT2D eigenvalue weighted by Crippen LogP contribution is -2.39. The van der Waals surface area contributed by atoms with E-state index in [9.17, 15) is 0 Å². The molecule has 1 saturated carbocycles. The number of fused-ring (bicyclic) bond motifs is 14. The Labute approximate surface area is 319 Å². The van der Waals surface area contributed by atoms with Crippen LogP contribution < -0.4 is 4.90 Å². The normalized spacial score (nSPS) is 15.8. The first kappa shape index (κ1) is 30.5. The molecule has 0 bridgehead atoms. The maximum atomic E-state index is 2.58. The van der Waals surface area contributed by atoms with Crippen molar-refractivity contribution in [3.8, 4) is 22.3 Å². The summed E-state index contributed by atoms with van der Waals surface area (Å²) in [7, 11) is 0. The van der Waals surface area contributed by atoms with E-state index in [0.717, 1.165) is 25.7 Å². The van der Waals surface area contributed by atoms with Crippen LogP contribution in [0.15, 0.2) is 176 Å². The van der Waals surface area contributed by atoms with Crippen LogP contribution in [0.3, 0.4) is 0 Å². The number of hydrogen-bond acceptors (Lipinski definition) is 2. The molecular weight excluding hydrogens is 671 g/mol. The Morgan fingerprint density at radius 2 is 0.907 bits per heavy atom. The van der Waals surface area contributed by atoms with Crippen LogP contribution in [0.1, 0.15) is 47.9 Å². The van der Waals surface area contributed by atoms with E-state index >= 15 is 0 Å². The first-order chi connectivity index (χ1) is 26.7. The van der Waals surface area contributed by atoms with E-state index in [1.165, 1.54) is 92.5 Å². The smallest absolute Gasteiger partial charge is 0.0554 e. The van der Waals surface area contributed by atoms with Gasteiger partial charge >= 0.3 is 0 Å². The van der Waals surface area contributed by atoms with Crippen molar-refractivity contribution in [2.45, 2.75) is 36.5 Å². The lowest BCUT2D eigenvalue weighted by molar-refractivity contribution is 0.265. The minimum Gasteiger partial charge on any atom is -0.310 e. The molecule has 0 unspecified atom stereocenters. The Bertz CT molecular complexity index is 2930. The van der Waals surface area contributed by atoms with Crippen molar-refractivity contribution < 1.29 is 0 Å². The monoisotopic (exact) mass is 707 g/mol. The van der Waals surface area contributed by atoms with E-state index in [4.69, 9.17) is 0 Å². The summed E-state index contributed by atoms with van der Waals surface area (Å²) in [5, 5.41) is 5.15. The Morgan fingerprint density at radius 1 is 0.389 bits per heavy atom. The van der Waals surface area contributed by atoms with Crippen molar-refractivity contribution in [1.82, 2.24) is 0 Å². The minimum absolute atomic E-state index is 0.0458. The third-order valence-corrected chi connectivity index (χ3v) is 14.4. The summed E-state index contributed by atoms with van der Waals surface area (Å²) in [4.78, 5) is 2.54. The minimum atomic E-state index is -0.0458. The Balaban J connectivity index is 1.06. The summed E-state index contributed by atoms with van der Waals surface area (Å²) in [5.41, 5.74) is 15.4. The molecule has 2 spiro atoms. The fourth-order valence-corrected chi connectivity index (χ4v) is 12.0. The van der Waals surface area contributed by atoms with E-state index in [1.54, 1.807) is 0 Å². The second-order valence-corrected chi connectivity index (χ2v) is 16.7. The molecule has 0 N–H and O–H groups in total. The Morgan fingerprint density at radius 3 is 1.61 bits per heavy atom. The van der Waals surface area contributed by atoms with E-state index in [1.807, 2.05) is 11.3 Å². The second-order valence-electron chi connectivity index (χ2n) is 15.6. The highest BCUT2D eigenvalue weighted by Crippen LogP contribution is 2.64. The van der Waals surface area contributed by atoms with E-state index < -0.39 is 0 Å². The molecule has 54 heavy (non-hydrogen) atoms. The van der Waals surface area contributed by atoms with Crippen LogP contribution in [0.25, 0.3) is 53.2 Å². The molecule has 0 saturated heterocycles. The predicted molar refractivity (Wildman–Crippen MR) is 229 cm³/mol. The van der Waals surface area contributed by atoms with Crippen LogP contribution in [-0.4, -0.2) is 0 Å². The average molecular weight is 708 g/mol. The molecule has 0 aliphatic heterocycles. The first-order valence-electron chi connectivity index (χ1n) is 19.4. The fraction of sp³-hybridized carbons (Fsp3) is 0.115. The second kappa shape index (κ2) is 11.3. The summed E-state index contributed by atoms with van der Waals surface area (Å²) < 4.78 is 2.65. The van der Waals surface area contributed by atoms with Gasteiger partial charge in [-0.3, -0.25) is 0 Å². The number of anilines is 3. The lowest BCUT2D eigenvalue weighted by Gasteiger charge is -2.45. The molecular formula is C52H37NS. The highest BCUT2D eigenvalue weighted by Gasteiger charge is 2.53. The van der Waals surface area contributed by atoms with Crippen molar-refractivity contribution >= 4 is 59.3 Å². The number of rotatable bonds is 3. The molecule has 1 aromatic heterocycles. The zero-order valence-electron chi connectivity index (χ0n) is 29.9. The van der Waals surface area contributed by atoms with Crippen LogP contribution in [0.4, 0.5) is 17.1 Å². The van der Waals surface area contributed by atoms with Crippen LogP contribution >= 0.6 is 11.3 Å². The van der Waals surface area contributed by atoms with Gasteiger partial charge in [0.1, 0.15) is 0 Å². The topological polar surface area (TPSA) is 3.24 Å². The van der Waals surface area contributed by atoms with Crippen molar-refractivity contribution in [2.24, 2.45) is 0 Å². The molecule has 0 atom stereocenters. The van der Waals surface area contributed by atoms with Crippen LogP contribution in [0.5, 0.6) is 0 Å². The van der Waals surface area contributed by atoms with Gasteiger partial charge in [0, 0.05) is 42.4 Å². The van der Waals surface area contributed by atoms with E-state index in [-0.39, 0.29) is 10.8 Å². The molecule has 0 radical (unpaired) electrons. The first-order valence-corrected chi connectivity index (χ1v) is 20.2. The Kier molecular flexibility index (Phi) is 6.37.